The molecule has 0 heterocycles. The molecule has 2 unspecified atom stereocenters. The van der Waals surface area contributed by atoms with Gasteiger partial charge in [-0.3, -0.25) is 4.79 Å². The highest BCUT2D eigenvalue weighted by Crippen LogP contribution is 2.31. The van der Waals surface area contributed by atoms with Gasteiger partial charge >= 0.3 is 0 Å². The maximum absolute atomic E-state index is 13.7. The van der Waals surface area contributed by atoms with Crippen LogP contribution in [0.3, 0.4) is 0 Å². The van der Waals surface area contributed by atoms with Gasteiger partial charge in [0.25, 0.3) is 0 Å². The highest BCUT2D eigenvalue weighted by molar-refractivity contribution is 8.00. The van der Waals surface area contributed by atoms with Crippen molar-refractivity contribution in [1.29, 1.82) is 0 Å². The van der Waals surface area contributed by atoms with Crippen LogP contribution in [0.25, 0.3) is 0 Å². The molecule has 0 bridgehead atoms. The van der Waals surface area contributed by atoms with Gasteiger partial charge in [-0.25, -0.2) is 4.39 Å². The molecule has 0 aromatic heterocycles. The average molecular weight is 329 g/mol. The molecule has 1 aliphatic carbocycles. The third-order valence-electron chi connectivity index (χ3n) is 4.20. The molecule has 1 amide bonds. The molecule has 2 aromatic carbocycles. The molecule has 0 aliphatic heterocycles. The lowest BCUT2D eigenvalue weighted by Gasteiger charge is -2.27. The Morgan fingerprint density at radius 1 is 1.22 bits per heavy atom. The summed E-state index contributed by atoms with van der Waals surface area (Å²) in [7, 11) is 0. The molecule has 23 heavy (non-hydrogen) atoms. The van der Waals surface area contributed by atoms with Crippen LogP contribution in [-0.4, -0.2) is 11.2 Å². The van der Waals surface area contributed by atoms with Crippen LogP contribution in [0.2, 0.25) is 0 Å². The number of rotatable bonds is 4. The first kappa shape index (κ1) is 16.1. The number of thioether (sulfide) groups is 1. The first-order valence-corrected chi connectivity index (χ1v) is 8.82. The van der Waals surface area contributed by atoms with Gasteiger partial charge in [0.1, 0.15) is 5.82 Å². The Kier molecular flexibility index (Phi) is 5.01. The molecule has 0 spiro atoms. The number of amides is 1. The van der Waals surface area contributed by atoms with Crippen LogP contribution < -0.4 is 5.32 Å². The number of hydrogen-bond donors (Lipinski definition) is 1. The summed E-state index contributed by atoms with van der Waals surface area (Å²) < 4.78 is 13.7. The minimum Gasteiger partial charge on any atom is -0.348 e. The van der Waals surface area contributed by atoms with Gasteiger partial charge in [0.15, 0.2) is 0 Å². The van der Waals surface area contributed by atoms with Gasteiger partial charge in [-0.2, -0.15) is 0 Å². The Balaban J connectivity index is 1.67. The third-order valence-corrected chi connectivity index (χ3v) is 5.35. The minimum absolute atomic E-state index is 0.0417. The van der Waals surface area contributed by atoms with Crippen LogP contribution in [0.15, 0.2) is 53.4 Å². The predicted octanol–water partition coefficient (Wildman–Crippen LogP) is 4.50. The average Bonchev–Trinajstić information content (AvgIpc) is 2.57. The summed E-state index contributed by atoms with van der Waals surface area (Å²) in [6, 6.07) is 14.9. The number of benzene rings is 2. The van der Waals surface area contributed by atoms with E-state index in [0.717, 1.165) is 19.3 Å². The number of fused-ring (bicyclic) bond motifs is 1. The second-order valence-corrected chi connectivity index (χ2v) is 7.23. The van der Waals surface area contributed by atoms with Gasteiger partial charge in [-0.15, -0.1) is 11.8 Å². The monoisotopic (exact) mass is 329 g/mol. The first-order valence-electron chi connectivity index (χ1n) is 7.94. The molecule has 2 nitrogen and oxygen atoms in total. The Labute approximate surface area is 140 Å². The Morgan fingerprint density at radius 3 is 2.78 bits per heavy atom. The lowest BCUT2D eigenvalue weighted by molar-refractivity contribution is -0.121. The summed E-state index contributed by atoms with van der Waals surface area (Å²) in [5, 5.41) is 2.80. The summed E-state index contributed by atoms with van der Waals surface area (Å²) in [4.78, 5) is 13.0. The van der Waals surface area contributed by atoms with Crippen molar-refractivity contribution >= 4 is 17.7 Å². The maximum atomic E-state index is 13.7. The van der Waals surface area contributed by atoms with E-state index in [1.807, 2.05) is 19.1 Å². The third kappa shape index (κ3) is 3.75. The molecular weight excluding hydrogens is 309 g/mol. The van der Waals surface area contributed by atoms with Crippen LogP contribution in [0.4, 0.5) is 4.39 Å². The van der Waals surface area contributed by atoms with Gasteiger partial charge in [0, 0.05) is 4.90 Å². The first-order chi connectivity index (χ1) is 11.1. The van der Waals surface area contributed by atoms with Gasteiger partial charge in [-0.1, -0.05) is 36.4 Å². The van der Waals surface area contributed by atoms with Crippen molar-refractivity contribution in [3.63, 3.8) is 0 Å². The van der Waals surface area contributed by atoms with E-state index in [2.05, 4.69) is 17.4 Å². The highest BCUT2D eigenvalue weighted by Gasteiger charge is 2.24. The van der Waals surface area contributed by atoms with E-state index < -0.39 is 0 Å². The summed E-state index contributed by atoms with van der Waals surface area (Å²) in [6.07, 6.45) is 3.11. The molecule has 1 N–H and O–H groups in total. The van der Waals surface area contributed by atoms with E-state index in [-0.39, 0.29) is 23.0 Å². The molecule has 4 heteroatoms. The zero-order chi connectivity index (χ0) is 16.2. The van der Waals surface area contributed by atoms with Crippen LogP contribution >= 0.6 is 11.8 Å². The number of halogens is 1. The molecule has 0 saturated carbocycles. The van der Waals surface area contributed by atoms with E-state index in [1.54, 1.807) is 18.2 Å². The number of carbonyl (C=O) groups is 1. The molecule has 2 aromatic rings. The number of nitrogens with one attached hydrogen (secondary N) is 1. The second kappa shape index (κ2) is 7.18. The number of aryl methyl sites for hydroxylation is 1. The Bertz CT molecular complexity index is 703. The van der Waals surface area contributed by atoms with Crippen molar-refractivity contribution in [2.24, 2.45) is 0 Å². The quantitative estimate of drug-likeness (QED) is 0.837. The lowest BCUT2D eigenvalue weighted by Crippen LogP contribution is -2.35. The van der Waals surface area contributed by atoms with Crippen LogP contribution in [0.5, 0.6) is 0 Å². The smallest absolute Gasteiger partial charge is 0.233 e. The van der Waals surface area contributed by atoms with Gasteiger partial charge in [0.05, 0.1) is 11.3 Å². The van der Waals surface area contributed by atoms with E-state index in [9.17, 15) is 9.18 Å². The van der Waals surface area contributed by atoms with Crippen molar-refractivity contribution < 1.29 is 9.18 Å². The fourth-order valence-electron chi connectivity index (χ4n) is 2.98. The van der Waals surface area contributed by atoms with E-state index >= 15 is 0 Å². The molecule has 1 aliphatic rings. The summed E-state index contributed by atoms with van der Waals surface area (Å²) in [6.45, 7) is 1.82. The van der Waals surface area contributed by atoms with E-state index in [1.165, 1.54) is 29.0 Å². The lowest BCUT2D eigenvalue weighted by atomic mass is 9.88. The molecule has 0 fully saturated rings. The van der Waals surface area contributed by atoms with E-state index in [0.29, 0.717) is 4.90 Å². The Hall–Kier alpha value is -1.81. The van der Waals surface area contributed by atoms with Crippen molar-refractivity contribution in [3.05, 3.63) is 65.5 Å². The summed E-state index contributed by atoms with van der Waals surface area (Å²) in [5.74, 6) is -0.319. The predicted molar refractivity (Wildman–Crippen MR) is 92.0 cm³/mol. The fraction of sp³-hybridized carbons (Fsp3) is 0.316. The standard InChI is InChI=1S/C19H20FNOS/c1-13(23-18-12-5-4-10-16(18)20)19(22)21-17-11-6-8-14-7-2-3-9-15(14)17/h2-5,7,9-10,12-13,17H,6,8,11H2,1H3,(H,21,22). The van der Waals surface area contributed by atoms with Gasteiger partial charge < -0.3 is 5.32 Å². The molecule has 0 saturated heterocycles. The highest BCUT2D eigenvalue weighted by atomic mass is 32.2. The molecule has 120 valence electrons. The van der Waals surface area contributed by atoms with Gasteiger partial charge in [-0.05, 0) is 49.4 Å². The Morgan fingerprint density at radius 2 is 1.96 bits per heavy atom. The zero-order valence-electron chi connectivity index (χ0n) is 13.1. The normalized spacial score (nSPS) is 18.1. The second-order valence-electron chi connectivity index (χ2n) is 5.84. The van der Waals surface area contributed by atoms with Crippen molar-refractivity contribution in [1.82, 2.24) is 5.32 Å². The van der Waals surface area contributed by atoms with Crippen molar-refractivity contribution in [2.45, 2.75) is 42.4 Å². The van der Waals surface area contributed by atoms with E-state index in [4.69, 9.17) is 0 Å². The molecule has 0 radical (unpaired) electrons. The van der Waals surface area contributed by atoms with Crippen LogP contribution in [0.1, 0.15) is 36.9 Å². The van der Waals surface area contributed by atoms with Crippen LogP contribution in [0, 0.1) is 5.82 Å². The number of hydrogen-bond acceptors (Lipinski definition) is 2. The van der Waals surface area contributed by atoms with Crippen molar-refractivity contribution in [3.8, 4) is 0 Å². The molecular formula is C19H20FNOS. The summed E-state index contributed by atoms with van der Waals surface area (Å²) in [5.41, 5.74) is 2.54. The molecule has 3 rings (SSSR count). The fourth-order valence-corrected chi connectivity index (χ4v) is 3.87. The number of carbonyl (C=O) groups excluding carboxylic acids is 1. The topological polar surface area (TPSA) is 29.1 Å². The van der Waals surface area contributed by atoms with Crippen LogP contribution in [-0.2, 0) is 11.2 Å². The van der Waals surface area contributed by atoms with Gasteiger partial charge in [0.2, 0.25) is 5.91 Å². The largest absolute Gasteiger partial charge is 0.348 e. The minimum atomic E-state index is -0.332. The molecule has 2 atom stereocenters. The maximum Gasteiger partial charge on any atom is 0.233 e. The van der Waals surface area contributed by atoms with Crippen molar-refractivity contribution in [2.75, 3.05) is 0 Å². The SMILES string of the molecule is CC(Sc1ccccc1F)C(=O)NC1CCCc2ccccc21. The summed E-state index contributed by atoms with van der Waals surface area (Å²) >= 11 is 1.26. The zero-order valence-corrected chi connectivity index (χ0v) is 13.9.